The standard InChI is InChI=1S/C19H30N6O/c1-5-20-19(24(4)14-18(26)25(6-2)7-3)21-13-12-17-22-15-10-8-9-11-16(15)23-17/h8-11H,5-7,12-14H2,1-4H3,(H,20,21)(H,22,23). The Balaban J connectivity index is 1.97. The van der Waals surface area contributed by atoms with Gasteiger partial charge in [-0.2, -0.15) is 0 Å². The number of hydrogen-bond acceptors (Lipinski definition) is 3. The van der Waals surface area contributed by atoms with Gasteiger partial charge in [-0.1, -0.05) is 12.1 Å². The lowest BCUT2D eigenvalue weighted by Gasteiger charge is -2.25. The van der Waals surface area contributed by atoms with Gasteiger partial charge in [-0.05, 0) is 32.9 Å². The van der Waals surface area contributed by atoms with Crippen LogP contribution in [0.5, 0.6) is 0 Å². The maximum Gasteiger partial charge on any atom is 0.242 e. The van der Waals surface area contributed by atoms with E-state index in [1.165, 1.54) is 0 Å². The molecule has 0 radical (unpaired) electrons. The number of benzene rings is 1. The van der Waals surface area contributed by atoms with E-state index in [9.17, 15) is 4.79 Å². The molecule has 0 bridgehead atoms. The topological polar surface area (TPSA) is 76.6 Å². The van der Waals surface area contributed by atoms with Crippen molar-refractivity contribution in [3.8, 4) is 0 Å². The van der Waals surface area contributed by atoms with E-state index in [0.29, 0.717) is 13.1 Å². The summed E-state index contributed by atoms with van der Waals surface area (Å²) >= 11 is 0. The quantitative estimate of drug-likeness (QED) is 0.558. The number of para-hydroxylation sites is 2. The van der Waals surface area contributed by atoms with Crippen LogP contribution in [0.1, 0.15) is 26.6 Å². The summed E-state index contributed by atoms with van der Waals surface area (Å²) in [4.78, 5) is 28.5. The van der Waals surface area contributed by atoms with E-state index in [0.717, 1.165) is 48.9 Å². The molecule has 7 nitrogen and oxygen atoms in total. The average Bonchev–Trinajstić information content (AvgIpc) is 3.04. The summed E-state index contributed by atoms with van der Waals surface area (Å²) in [5.74, 6) is 1.78. The molecule has 26 heavy (non-hydrogen) atoms. The number of nitrogens with one attached hydrogen (secondary N) is 2. The maximum atomic E-state index is 12.3. The van der Waals surface area contributed by atoms with Crippen LogP contribution in [0.2, 0.25) is 0 Å². The summed E-state index contributed by atoms with van der Waals surface area (Å²) in [6.45, 7) is 9.14. The Morgan fingerprint density at radius 2 is 1.96 bits per heavy atom. The van der Waals surface area contributed by atoms with Crippen LogP contribution in [-0.4, -0.2) is 71.4 Å². The van der Waals surface area contributed by atoms with E-state index in [4.69, 9.17) is 0 Å². The van der Waals surface area contributed by atoms with Gasteiger partial charge in [0.1, 0.15) is 5.82 Å². The maximum absolute atomic E-state index is 12.3. The molecule has 0 atom stereocenters. The molecule has 142 valence electrons. The Morgan fingerprint density at radius 3 is 2.62 bits per heavy atom. The molecule has 0 spiro atoms. The fraction of sp³-hybridized carbons (Fsp3) is 0.526. The lowest BCUT2D eigenvalue weighted by atomic mass is 10.3. The first kappa shape index (κ1) is 19.8. The number of aromatic amines is 1. The fourth-order valence-corrected chi connectivity index (χ4v) is 2.82. The SMILES string of the molecule is CCNC(=NCCc1nc2ccccc2[nH]1)N(C)CC(=O)N(CC)CC. The number of carbonyl (C=O) groups is 1. The highest BCUT2D eigenvalue weighted by atomic mass is 16.2. The van der Waals surface area contributed by atoms with Gasteiger partial charge in [-0.3, -0.25) is 9.79 Å². The van der Waals surface area contributed by atoms with E-state index >= 15 is 0 Å². The number of rotatable bonds is 8. The second-order valence-electron chi connectivity index (χ2n) is 6.11. The molecule has 0 unspecified atom stereocenters. The number of aliphatic imine (C=N–C) groups is 1. The number of fused-ring (bicyclic) bond motifs is 1. The van der Waals surface area contributed by atoms with E-state index in [1.54, 1.807) is 0 Å². The summed E-state index contributed by atoms with van der Waals surface area (Å²) in [7, 11) is 1.89. The number of imidazole rings is 1. The van der Waals surface area contributed by atoms with Gasteiger partial charge in [-0.15, -0.1) is 0 Å². The molecule has 2 N–H and O–H groups in total. The van der Waals surface area contributed by atoms with Crippen molar-refractivity contribution in [1.29, 1.82) is 0 Å². The third-order valence-electron chi connectivity index (χ3n) is 4.23. The van der Waals surface area contributed by atoms with Crippen molar-refractivity contribution < 1.29 is 4.79 Å². The number of likely N-dealkylation sites (N-methyl/N-ethyl adjacent to an activating group) is 2. The Kier molecular flexibility index (Phi) is 7.44. The van der Waals surface area contributed by atoms with Crippen LogP contribution in [0.4, 0.5) is 0 Å². The molecule has 1 amide bonds. The van der Waals surface area contributed by atoms with E-state index < -0.39 is 0 Å². The summed E-state index contributed by atoms with van der Waals surface area (Å²) in [5, 5.41) is 3.25. The van der Waals surface area contributed by atoms with Crippen molar-refractivity contribution in [2.45, 2.75) is 27.2 Å². The smallest absolute Gasteiger partial charge is 0.242 e. The summed E-state index contributed by atoms with van der Waals surface area (Å²) in [6.07, 6.45) is 0.724. The molecule has 0 saturated heterocycles. The average molecular weight is 358 g/mol. The van der Waals surface area contributed by atoms with Crippen molar-refractivity contribution in [3.05, 3.63) is 30.1 Å². The first-order valence-corrected chi connectivity index (χ1v) is 9.29. The Hall–Kier alpha value is -2.57. The van der Waals surface area contributed by atoms with Crippen LogP contribution in [0.25, 0.3) is 11.0 Å². The zero-order chi connectivity index (χ0) is 18.9. The molecule has 0 aliphatic heterocycles. The summed E-state index contributed by atoms with van der Waals surface area (Å²) in [6, 6.07) is 7.99. The molecule has 0 aliphatic rings. The number of H-pyrrole nitrogens is 1. The molecule has 7 heteroatoms. The highest BCUT2D eigenvalue weighted by molar-refractivity contribution is 5.86. The lowest BCUT2D eigenvalue weighted by Crippen LogP contribution is -2.45. The fourth-order valence-electron chi connectivity index (χ4n) is 2.82. The summed E-state index contributed by atoms with van der Waals surface area (Å²) in [5.41, 5.74) is 2.01. The van der Waals surface area contributed by atoms with Gasteiger partial charge >= 0.3 is 0 Å². The van der Waals surface area contributed by atoms with Gasteiger partial charge in [-0.25, -0.2) is 4.98 Å². The van der Waals surface area contributed by atoms with Crippen LogP contribution >= 0.6 is 0 Å². The van der Waals surface area contributed by atoms with Gasteiger partial charge < -0.3 is 20.1 Å². The van der Waals surface area contributed by atoms with Crippen molar-refractivity contribution in [2.24, 2.45) is 4.99 Å². The number of amides is 1. The molecule has 1 aromatic heterocycles. The van der Waals surface area contributed by atoms with Crippen LogP contribution in [0, 0.1) is 0 Å². The zero-order valence-electron chi connectivity index (χ0n) is 16.2. The number of aromatic nitrogens is 2. The molecule has 0 saturated carbocycles. The van der Waals surface area contributed by atoms with E-state index in [2.05, 4.69) is 20.3 Å². The van der Waals surface area contributed by atoms with Gasteiger partial charge in [0.25, 0.3) is 0 Å². The van der Waals surface area contributed by atoms with Crippen molar-refractivity contribution in [3.63, 3.8) is 0 Å². The van der Waals surface area contributed by atoms with Gasteiger partial charge in [0, 0.05) is 39.6 Å². The van der Waals surface area contributed by atoms with E-state index in [-0.39, 0.29) is 5.91 Å². The molecule has 1 heterocycles. The number of guanidine groups is 1. The number of nitrogens with zero attached hydrogens (tertiary/aromatic N) is 4. The second kappa shape index (κ2) is 9.79. The molecular weight excluding hydrogens is 328 g/mol. The predicted molar refractivity (Wildman–Crippen MR) is 106 cm³/mol. The molecular formula is C19H30N6O. The van der Waals surface area contributed by atoms with E-state index in [1.807, 2.05) is 61.9 Å². The molecule has 0 fully saturated rings. The van der Waals surface area contributed by atoms with Crippen molar-refractivity contribution in [2.75, 3.05) is 39.8 Å². The minimum Gasteiger partial charge on any atom is -0.357 e. The zero-order valence-corrected chi connectivity index (χ0v) is 16.2. The minimum absolute atomic E-state index is 0.111. The first-order chi connectivity index (χ1) is 12.6. The van der Waals surface area contributed by atoms with Gasteiger partial charge in [0.05, 0.1) is 17.6 Å². The number of hydrogen-bond donors (Lipinski definition) is 2. The van der Waals surface area contributed by atoms with Crippen LogP contribution < -0.4 is 5.32 Å². The second-order valence-corrected chi connectivity index (χ2v) is 6.11. The largest absolute Gasteiger partial charge is 0.357 e. The highest BCUT2D eigenvalue weighted by Gasteiger charge is 2.15. The predicted octanol–water partition coefficient (Wildman–Crippen LogP) is 1.87. The minimum atomic E-state index is 0.111. The molecule has 2 aromatic rings. The third-order valence-corrected chi connectivity index (χ3v) is 4.23. The van der Waals surface area contributed by atoms with Crippen molar-refractivity contribution >= 4 is 22.9 Å². The van der Waals surface area contributed by atoms with Gasteiger partial charge in [0.15, 0.2) is 5.96 Å². The normalized spacial score (nSPS) is 11.6. The summed E-state index contributed by atoms with van der Waals surface area (Å²) < 4.78 is 0. The van der Waals surface area contributed by atoms with Crippen LogP contribution in [0.15, 0.2) is 29.3 Å². The Bertz CT molecular complexity index is 701. The lowest BCUT2D eigenvalue weighted by molar-refractivity contribution is -0.131. The Labute approximate surface area is 155 Å². The molecule has 2 rings (SSSR count). The molecule has 0 aliphatic carbocycles. The third kappa shape index (κ3) is 5.21. The monoisotopic (exact) mass is 358 g/mol. The van der Waals surface area contributed by atoms with Crippen LogP contribution in [0.3, 0.4) is 0 Å². The van der Waals surface area contributed by atoms with Crippen LogP contribution in [-0.2, 0) is 11.2 Å². The molecule has 1 aromatic carbocycles. The highest BCUT2D eigenvalue weighted by Crippen LogP contribution is 2.10. The van der Waals surface area contributed by atoms with Gasteiger partial charge in [0.2, 0.25) is 5.91 Å². The Morgan fingerprint density at radius 1 is 1.23 bits per heavy atom. The number of carbonyl (C=O) groups excluding carboxylic acids is 1. The first-order valence-electron chi connectivity index (χ1n) is 9.29. The van der Waals surface area contributed by atoms with Crippen molar-refractivity contribution in [1.82, 2.24) is 25.1 Å².